The first-order chi connectivity index (χ1) is 0. The average Bonchev–Trinajstić information content (AvgIpc) is 0. The van der Waals surface area contributed by atoms with Crippen LogP contribution < -0.4 is 0 Å². The van der Waals surface area contributed by atoms with E-state index < -0.39 is 0 Å². The Morgan fingerprint density at radius 3 is 0.429 bits per heavy atom. The summed E-state index contributed by atoms with van der Waals surface area (Å²) in [4.78, 5) is 0. The molecule has 1 radical (unpaired) electrons. The van der Waals surface area contributed by atoms with Gasteiger partial charge in [0.15, 0.2) is 0 Å². The fourth-order valence-corrected chi connectivity index (χ4v) is 0. The zero-order valence-corrected chi connectivity index (χ0v) is 6.01. The summed E-state index contributed by atoms with van der Waals surface area (Å²) < 4.78 is 0. The van der Waals surface area contributed by atoms with E-state index in [9.17, 15) is 0 Å². The molecule has 0 aromatic heterocycles. The first kappa shape index (κ1) is 433. The number of hydrogen-bond acceptors (Lipinski definition) is 0. The summed E-state index contributed by atoms with van der Waals surface area (Å²) in [5.74, 6) is 0. The standard InChI is InChI=1S/2ClH.Mn.4H2O/h2*1H;;4*1H2. The summed E-state index contributed by atoms with van der Waals surface area (Å²) in [6, 6.07) is 0. The predicted octanol–water partition coefficient (Wildman–Crippen LogP) is -2.46. The maximum Gasteiger partial charge on any atom is 0 e. The van der Waals surface area contributed by atoms with Crippen molar-refractivity contribution in [1.29, 1.82) is 0 Å². The number of halogens is 2. The van der Waals surface area contributed by atoms with Crippen LogP contribution in [0.2, 0.25) is 0 Å². The molecule has 0 saturated carbocycles. The smallest absolute Gasteiger partial charge is 0 e. The molecule has 0 heterocycles. The number of hydrogen-bond donors (Lipinski definition) is 0. The maximum atomic E-state index is 0. The minimum atomic E-state index is 0. The second-order valence-electron chi connectivity index (χ2n) is 0. The van der Waals surface area contributed by atoms with Gasteiger partial charge in [-0.2, -0.15) is 0 Å². The maximum absolute atomic E-state index is 0. The molecule has 0 atom stereocenters. The first-order valence-electron chi connectivity index (χ1n) is 0. The largest absolute Gasteiger partial charge is 0.412 e. The molecule has 0 rings (SSSR count). The summed E-state index contributed by atoms with van der Waals surface area (Å²) in [6.07, 6.45) is 0. The summed E-state index contributed by atoms with van der Waals surface area (Å²) in [6.45, 7) is 0. The zero-order chi connectivity index (χ0) is 0. The fraction of sp³-hybridized carbons (Fsp3) is 0. The average molecular weight is 200 g/mol. The SMILES string of the molecule is Cl.Cl.O.O.O.O.[Mn]. The van der Waals surface area contributed by atoms with Crippen LogP contribution >= 0.6 is 24.8 Å². The van der Waals surface area contributed by atoms with Gasteiger partial charge in [0.25, 0.3) is 0 Å². The van der Waals surface area contributed by atoms with Crippen molar-refractivity contribution in [3.63, 3.8) is 0 Å². The fourth-order valence-electron chi connectivity index (χ4n) is 0. The monoisotopic (exact) mass is 199 g/mol. The van der Waals surface area contributed by atoms with E-state index in [0.29, 0.717) is 0 Å². The molecule has 0 unspecified atom stereocenters. The van der Waals surface area contributed by atoms with E-state index in [0.717, 1.165) is 0 Å². The van der Waals surface area contributed by atoms with Gasteiger partial charge in [-0.15, -0.1) is 24.8 Å². The third-order valence-electron chi connectivity index (χ3n) is 0. The predicted molar refractivity (Wildman–Crippen MR) is 29.0 cm³/mol. The van der Waals surface area contributed by atoms with Gasteiger partial charge in [-0.25, -0.2) is 0 Å². The molecule has 0 aromatic carbocycles. The molecule has 0 fully saturated rings. The van der Waals surface area contributed by atoms with Crippen LogP contribution in [0, 0.1) is 0 Å². The molecule has 4 nitrogen and oxygen atoms in total. The van der Waals surface area contributed by atoms with Crippen molar-refractivity contribution in [2.24, 2.45) is 0 Å². The minimum Gasteiger partial charge on any atom is -0.412 e. The molecule has 0 saturated heterocycles. The van der Waals surface area contributed by atoms with Crippen molar-refractivity contribution in [1.82, 2.24) is 0 Å². The molecule has 55 valence electrons. The number of rotatable bonds is 0. The van der Waals surface area contributed by atoms with Crippen LogP contribution in [0.15, 0.2) is 0 Å². The summed E-state index contributed by atoms with van der Waals surface area (Å²) in [5, 5.41) is 0. The first-order valence-corrected chi connectivity index (χ1v) is 0. The third kappa shape index (κ3) is 192. The quantitative estimate of drug-likeness (QED) is 0.384. The molecule has 0 aliphatic heterocycles. The van der Waals surface area contributed by atoms with E-state index in [4.69, 9.17) is 0 Å². The normalized spacial score (nSPS) is 0. The van der Waals surface area contributed by atoms with Crippen molar-refractivity contribution < 1.29 is 39.0 Å². The minimum absolute atomic E-state index is 0. The molecule has 0 bridgehead atoms. The van der Waals surface area contributed by atoms with E-state index in [1.807, 2.05) is 0 Å². The van der Waals surface area contributed by atoms with Gasteiger partial charge < -0.3 is 21.9 Å². The van der Waals surface area contributed by atoms with E-state index in [1.54, 1.807) is 0 Å². The third-order valence-corrected chi connectivity index (χ3v) is 0. The topological polar surface area (TPSA) is 126 Å². The van der Waals surface area contributed by atoms with Crippen LogP contribution in [0.25, 0.3) is 0 Å². The van der Waals surface area contributed by atoms with Crippen molar-refractivity contribution in [2.45, 2.75) is 0 Å². The Balaban J connectivity index is 0. The van der Waals surface area contributed by atoms with Gasteiger partial charge in [0.2, 0.25) is 0 Å². The van der Waals surface area contributed by atoms with Gasteiger partial charge in [0.05, 0.1) is 0 Å². The molecular weight excluding hydrogens is 190 g/mol. The van der Waals surface area contributed by atoms with Gasteiger partial charge >= 0.3 is 0 Å². The van der Waals surface area contributed by atoms with Crippen LogP contribution in [-0.4, -0.2) is 21.9 Å². The van der Waals surface area contributed by atoms with Crippen molar-refractivity contribution in [3.8, 4) is 0 Å². The van der Waals surface area contributed by atoms with Gasteiger partial charge in [0.1, 0.15) is 0 Å². The van der Waals surface area contributed by atoms with E-state index in [2.05, 4.69) is 0 Å². The van der Waals surface area contributed by atoms with Crippen molar-refractivity contribution in [3.05, 3.63) is 0 Å². The second-order valence-corrected chi connectivity index (χ2v) is 0. The van der Waals surface area contributed by atoms with Crippen LogP contribution in [0.5, 0.6) is 0 Å². The Hall–Kier alpha value is 0.939. The molecule has 7 heavy (non-hydrogen) atoms. The van der Waals surface area contributed by atoms with Gasteiger partial charge in [-0.3, -0.25) is 0 Å². The van der Waals surface area contributed by atoms with Crippen molar-refractivity contribution >= 4 is 24.8 Å². The molecule has 0 spiro atoms. The van der Waals surface area contributed by atoms with Crippen LogP contribution in [0.1, 0.15) is 0 Å². The molecule has 0 aromatic rings. The Morgan fingerprint density at radius 1 is 0.429 bits per heavy atom. The van der Waals surface area contributed by atoms with Gasteiger partial charge in [-0.1, -0.05) is 0 Å². The zero-order valence-electron chi connectivity index (χ0n) is 3.19. The summed E-state index contributed by atoms with van der Waals surface area (Å²) in [5.41, 5.74) is 0. The molecular formula is H10Cl2MnO4. The van der Waals surface area contributed by atoms with E-state index in [-0.39, 0.29) is 63.8 Å². The van der Waals surface area contributed by atoms with Crippen LogP contribution in [0.3, 0.4) is 0 Å². The Labute approximate surface area is 64.2 Å². The van der Waals surface area contributed by atoms with E-state index in [1.165, 1.54) is 0 Å². The molecule has 0 aliphatic rings. The Bertz CT molecular complexity index is 9.65. The Morgan fingerprint density at radius 2 is 0.429 bits per heavy atom. The Kier molecular flexibility index (Phi) is 17200. The van der Waals surface area contributed by atoms with Gasteiger partial charge in [-0.05, 0) is 0 Å². The molecule has 7 heteroatoms. The summed E-state index contributed by atoms with van der Waals surface area (Å²) >= 11 is 0. The van der Waals surface area contributed by atoms with Crippen LogP contribution in [-0.2, 0) is 17.1 Å². The summed E-state index contributed by atoms with van der Waals surface area (Å²) in [7, 11) is 0. The molecule has 8 N–H and O–H groups in total. The molecule has 0 amide bonds. The van der Waals surface area contributed by atoms with E-state index >= 15 is 0 Å². The second kappa shape index (κ2) is 277. The van der Waals surface area contributed by atoms with Crippen LogP contribution in [0.4, 0.5) is 0 Å². The molecule has 0 aliphatic carbocycles. The van der Waals surface area contributed by atoms with Crippen molar-refractivity contribution in [2.75, 3.05) is 0 Å². The van der Waals surface area contributed by atoms with Gasteiger partial charge in [0, 0.05) is 17.1 Å².